The molecule has 2 fully saturated rings. The average Bonchev–Trinajstić information content (AvgIpc) is 3.26. The lowest BCUT2D eigenvalue weighted by atomic mass is 9.94. The summed E-state index contributed by atoms with van der Waals surface area (Å²) in [5, 5.41) is 3.08. The van der Waals surface area contributed by atoms with E-state index in [0.29, 0.717) is 44.6 Å². The number of rotatable bonds is 6. The Hall–Kier alpha value is -2.09. The zero-order valence-corrected chi connectivity index (χ0v) is 18.3. The second-order valence-corrected chi connectivity index (χ2v) is 9.03. The number of hydrogen-bond donors (Lipinski definition) is 1. The number of hydrogen-bond acceptors (Lipinski definition) is 3. The number of carbonyl (C=O) groups is 2. The lowest BCUT2D eigenvalue weighted by Gasteiger charge is -2.41. The highest BCUT2D eigenvalue weighted by atomic mass is 19.4. The predicted molar refractivity (Wildman–Crippen MR) is 113 cm³/mol. The van der Waals surface area contributed by atoms with Gasteiger partial charge in [-0.05, 0) is 48.9 Å². The first kappa shape index (κ1) is 23.6. The summed E-state index contributed by atoms with van der Waals surface area (Å²) in [6.45, 7) is 6.87. The Labute approximate surface area is 182 Å². The smallest absolute Gasteiger partial charge is 0.354 e. The zero-order valence-electron chi connectivity index (χ0n) is 18.3. The number of carbonyl (C=O) groups excluding carboxylic acids is 2. The maximum Gasteiger partial charge on any atom is 0.416 e. The second-order valence-electron chi connectivity index (χ2n) is 9.03. The molecule has 0 radical (unpaired) electrons. The van der Waals surface area contributed by atoms with Crippen LogP contribution in [0.5, 0.6) is 0 Å². The fourth-order valence-electron chi connectivity index (χ4n) is 4.55. The number of alkyl halides is 3. The van der Waals surface area contributed by atoms with E-state index in [1.807, 2.05) is 0 Å². The molecule has 8 heteroatoms. The van der Waals surface area contributed by atoms with Crippen LogP contribution in [0.25, 0.3) is 0 Å². The van der Waals surface area contributed by atoms with Gasteiger partial charge in [-0.2, -0.15) is 13.2 Å². The molecule has 2 aliphatic rings. The van der Waals surface area contributed by atoms with Crippen molar-refractivity contribution < 1.29 is 22.8 Å². The molecular formula is C23H32F3N3O2. The van der Waals surface area contributed by atoms with Gasteiger partial charge in [-0.25, -0.2) is 0 Å². The number of amides is 2. The fraction of sp³-hybridized carbons (Fsp3) is 0.652. The van der Waals surface area contributed by atoms with Gasteiger partial charge in [0, 0.05) is 38.3 Å². The average molecular weight is 440 g/mol. The van der Waals surface area contributed by atoms with Crippen molar-refractivity contribution in [3.8, 4) is 0 Å². The molecule has 1 aliphatic carbocycles. The molecule has 1 aromatic rings. The van der Waals surface area contributed by atoms with E-state index in [2.05, 4.69) is 24.1 Å². The molecule has 2 amide bonds. The van der Waals surface area contributed by atoms with Crippen molar-refractivity contribution in [3.05, 3.63) is 35.4 Å². The minimum absolute atomic E-state index is 0.0723. The third kappa shape index (κ3) is 5.99. The Kier molecular flexibility index (Phi) is 7.62. The number of nitrogens with zero attached hydrogens (tertiary/aromatic N) is 2. The lowest BCUT2D eigenvalue weighted by Crippen LogP contribution is -2.58. The first-order valence-corrected chi connectivity index (χ1v) is 11.1. The van der Waals surface area contributed by atoms with E-state index in [0.717, 1.165) is 37.8 Å². The Bertz CT molecular complexity index is 750. The van der Waals surface area contributed by atoms with E-state index in [1.54, 1.807) is 4.90 Å². The number of halogens is 3. The molecule has 1 aliphatic heterocycles. The van der Waals surface area contributed by atoms with Crippen LogP contribution in [0, 0.1) is 11.8 Å². The molecule has 3 rings (SSSR count). The van der Waals surface area contributed by atoms with Crippen LogP contribution in [0.3, 0.4) is 0 Å². The van der Waals surface area contributed by atoms with Crippen LogP contribution in [0.2, 0.25) is 0 Å². The highest BCUT2D eigenvalue weighted by Crippen LogP contribution is 2.32. The molecule has 1 heterocycles. The van der Waals surface area contributed by atoms with E-state index >= 15 is 0 Å². The molecule has 1 N–H and O–H groups in total. The molecule has 0 aromatic heterocycles. The molecular weight excluding hydrogens is 407 g/mol. The Morgan fingerprint density at radius 3 is 2.13 bits per heavy atom. The summed E-state index contributed by atoms with van der Waals surface area (Å²) in [7, 11) is 0. The molecule has 1 atom stereocenters. The first-order chi connectivity index (χ1) is 14.7. The molecule has 172 valence electrons. The number of nitrogens with one attached hydrogen (secondary N) is 1. The Morgan fingerprint density at radius 2 is 1.61 bits per heavy atom. The van der Waals surface area contributed by atoms with E-state index in [4.69, 9.17) is 0 Å². The van der Waals surface area contributed by atoms with Gasteiger partial charge in [0.2, 0.25) is 5.91 Å². The standard InChI is InChI=1S/C23H32F3N3O2/c1-16(2)15-27-21(30)20(17-5-3-4-6-17)28-11-13-29(14-12-28)22(31)18-7-9-19(10-8-18)23(24,25)26/h7-10,16-17,20H,3-6,11-15H2,1-2H3,(H,27,30)/t20-/m1/s1. The van der Waals surface area contributed by atoms with Gasteiger partial charge in [-0.3, -0.25) is 14.5 Å². The van der Waals surface area contributed by atoms with Gasteiger partial charge in [0.05, 0.1) is 11.6 Å². The number of piperazine rings is 1. The molecule has 1 saturated heterocycles. The maximum absolute atomic E-state index is 13.0. The van der Waals surface area contributed by atoms with Crippen molar-refractivity contribution in [2.24, 2.45) is 11.8 Å². The summed E-state index contributed by atoms with van der Waals surface area (Å²) in [5.74, 6) is 0.522. The zero-order chi connectivity index (χ0) is 22.6. The SMILES string of the molecule is CC(C)CNC(=O)[C@@H](C1CCCC1)N1CCN(C(=O)c2ccc(C(F)(F)F)cc2)CC1. The molecule has 1 saturated carbocycles. The molecule has 5 nitrogen and oxygen atoms in total. The van der Waals surface area contributed by atoms with Crippen LogP contribution in [0.1, 0.15) is 55.5 Å². The fourth-order valence-corrected chi connectivity index (χ4v) is 4.55. The highest BCUT2D eigenvalue weighted by molar-refractivity contribution is 5.94. The van der Waals surface area contributed by atoms with Crippen molar-refractivity contribution in [1.82, 2.24) is 15.1 Å². The summed E-state index contributed by atoms with van der Waals surface area (Å²) < 4.78 is 38.3. The topological polar surface area (TPSA) is 52.7 Å². The summed E-state index contributed by atoms with van der Waals surface area (Å²) in [5.41, 5.74) is -0.510. The second kappa shape index (κ2) is 10.0. The van der Waals surface area contributed by atoms with Gasteiger partial charge in [0.1, 0.15) is 0 Å². The molecule has 31 heavy (non-hydrogen) atoms. The largest absolute Gasteiger partial charge is 0.416 e. The van der Waals surface area contributed by atoms with Crippen molar-refractivity contribution in [3.63, 3.8) is 0 Å². The van der Waals surface area contributed by atoms with Gasteiger partial charge in [-0.1, -0.05) is 26.7 Å². The van der Waals surface area contributed by atoms with Gasteiger partial charge in [0.15, 0.2) is 0 Å². The van der Waals surface area contributed by atoms with E-state index in [-0.39, 0.29) is 23.4 Å². The maximum atomic E-state index is 13.0. The molecule has 0 unspecified atom stereocenters. The van der Waals surface area contributed by atoms with Gasteiger partial charge in [0.25, 0.3) is 5.91 Å². The summed E-state index contributed by atoms with van der Waals surface area (Å²) in [6, 6.07) is 4.18. The highest BCUT2D eigenvalue weighted by Gasteiger charge is 2.37. The molecule has 0 bridgehead atoms. The molecule has 1 aromatic carbocycles. The van der Waals surface area contributed by atoms with Crippen LogP contribution in [-0.4, -0.2) is 60.4 Å². The quantitative estimate of drug-likeness (QED) is 0.734. The van der Waals surface area contributed by atoms with Crippen LogP contribution in [0.4, 0.5) is 13.2 Å². The van der Waals surface area contributed by atoms with Crippen LogP contribution < -0.4 is 5.32 Å². The van der Waals surface area contributed by atoms with Crippen LogP contribution in [0.15, 0.2) is 24.3 Å². The van der Waals surface area contributed by atoms with Crippen molar-refractivity contribution >= 4 is 11.8 Å². The Balaban J connectivity index is 1.61. The third-order valence-electron chi connectivity index (χ3n) is 6.25. The number of benzene rings is 1. The third-order valence-corrected chi connectivity index (χ3v) is 6.25. The Morgan fingerprint density at radius 1 is 1.03 bits per heavy atom. The molecule has 0 spiro atoms. The minimum Gasteiger partial charge on any atom is -0.354 e. The van der Waals surface area contributed by atoms with E-state index < -0.39 is 11.7 Å². The van der Waals surface area contributed by atoms with Crippen molar-refractivity contribution in [2.45, 2.75) is 51.7 Å². The van der Waals surface area contributed by atoms with E-state index in [1.165, 1.54) is 12.1 Å². The monoisotopic (exact) mass is 439 g/mol. The first-order valence-electron chi connectivity index (χ1n) is 11.1. The minimum atomic E-state index is -4.42. The van der Waals surface area contributed by atoms with Gasteiger partial charge in [-0.15, -0.1) is 0 Å². The van der Waals surface area contributed by atoms with Crippen molar-refractivity contribution in [1.29, 1.82) is 0 Å². The van der Waals surface area contributed by atoms with E-state index in [9.17, 15) is 22.8 Å². The lowest BCUT2D eigenvalue weighted by molar-refractivity contribution is -0.137. The van der Waals surface area contributed by atoms with Gasteiger partial charge >= 0.3 is 6.18 Å². The van der Waals surface area contributed by atoms with Crippen molar-refractivity contribution in [2.75, 3.05) is 32.7 Å². The van der Waals surface area contributed by atoms with Crippen LogP contribution >= 0.6 is 0 Å². The van der Waals surface area contributed by atoms with Crippen LogP contribution in [-0.2, 0) is 11.0 Å². The predicted octanol–water partition coefficient (Wildman–Crippen LogP) is 3.79. The summed E-state index contributed by atoms with van der Waals surface area (Å²) in [4.78, 5) is 29.6. The summed E-state index contributed by atoms with van der Waals surface area (Å²) in [6.07, 6.45) is -0.0382. The summed E-state index contributed by atoms with van der Waals surface area (Å²) >= 11 is 0. The van der Waals surface area contributed by atoms with Gasteiger partial charge < -0.3 is 10.2 Å². The normalized spacial score (nSPS) is 19.6.